The minimum absolute atomic E-state index is 0.141. The summed E-state index contributed by atoms with van der Waals surface area (Å²) in [6.07, 6.45) is 0.859. The Hall–Kier alpha value is -1.03. The largest absolute Gasteiger partial charge is 0.325 e. The molecular weight excluding hydrogens is 186 g/mol. The Morgan fingerprint density at radius 3 is 2.86 bits per heavy atom. The van der Waals surface area contributed by atoms with Crippen LogP contribution in [0.1, 0.15) is 19.0 Å². The highest BCUT2D eigenvalue weighted by Gasteiger charge is 2.17. The van der Waals surface area contributed by atoms with Crippen molar-refractivity contribution in [1.82, 2.24) is 4.98 Å². The lowest BCUT2D eigenvalue weighted by molar-refractivity contribution is 0.270. The minimum atomic E-state index is -1.10. The first-order chi connectivity index (χ1) is 6.65. The van der Waals surface area contributed by atoms with Crippen molar-refractivity contribution in [3.8, 4) is 0 Å². The van der Waals surface area contributed by atoms with Crippen LogP contribution in [0.5, 0.6) is 0 Å². The number of halogens is 2. The van der Waals surface area contributed by atoms with Crippen LogP contribution in [0.2, 0.25) is 0 Å². The summed E-state index contributed by atoms with van der Waals surface area (Å²) in [5.74, 6) is -0.425. The molecule has 0 saturated carbocycles. The SMILES string of the molecule is CC[C@@H](F)[C@H](N)Cc1ncccc1F. The molecule has 14 heavy (non-hydrogen) atoms. The van der Waals surface area contributed by atoms with Gasteiger partial charge in [0.15, 0.2) is 0 Å². The molecular formula is C10H14F2N2. The van der Waals surface area contributed by atoms with Gasteiger partial charge in [0.2, 0.25) is 0 Å². The zero-order chi connectivity index (χ0) is 10.6. The third-order valence-corrected chi connectivity index (χ3v) is 2.12. The standard InChI is InChI=1S/C10H14F2N2/c1-2-7(11)9(13)6-10-8(12)4-3-5-14-10/h3-5,7,9H,2,6,13H2,1H3/t7-,9-/m1/s1. The Bertz CT molecular complexity index is 291. The average Bonchev–Trinajstić information content (AvgIpc) is 2.20. The van der Waals surface area contributed by atoms with Gasteiger partial charge in [-0.3, -0.25) is 4.98 Å². The second-order valence-corrected chi connectivity index (χ2v) is 3.22. The summed E-state index contributed by atoms with van der Waals surface area (Å²) in [6.45, 7) is 1.71. The van der Waals surface area contributed by atoms with Crippen LogP contribution in [0.3, 0.4) is 0 Å². The highest BCUT2D eigenvalue weighted by atomic mass is 19.1. The van der Waals surface area contributed by atoms with Crippen molar-refractivity contribution in [2.45, 2.75) is 32.0 Å². The molecule has 0 unspecified atom stereocenters. The molecule has 2 N–H and O–H groups in total. The lowest BCUT2D eigenvalue weighted by Gasteiger charge is -2.14. The van der Waals surface area contributed by atoms with Crippen LogP contribution in [-0.2, 0) is 6.42 Å². The van der Waals surface area contributed by atoms with Crippen LogP contribution in [0.15, 0.2) is 18.3 Å². The van der Waals surface area contributed by atoms with E-state index in [-0.39, 0.29) is 12.1 Å². The maximum Gasteiger partial charge on any atom is 0.144 e. The molecule has 0 fully saturated rings. The second kappa shape index (κ2) is 5.00. The van der Waals surface area contributed by atoms with Gasteiger partial charge in [-0.05, 0) is 18.6 Å². The van der Waals surface area contributed by atoms with Crippen molar-refractivity contribution in [1.29, 1.82) is 0 Å². The predicted molar refractivity (Wildman–Crippen MR) is 51.1 cm³/mol. The van der Waals surface area contributed by atoms with Gasteiger partial charge in [0.1, 0.15) is 12.0 Å². The number of hydrogen-bond donors (Lipinski definition) is 1. The molecule has 0 aliphatic rings. The van der Waals surface area contributed by atoms with Crippen LogP contribution < -0.4 is 5.73 Å². The first kappa shape index (κ1) is 11.0. The van der Waals surface area contributed by atoms with Gasteiger partial charge in [0.05, 0.1) is 5.69 Å². The fourth-order valence-electron chi connectivity index (χ4n) is 1.22. The van der Waals surface area contributed by atoms with E-state index >= 15 is 0 Å². The molecule has 4 heteroatoms. The van der Waals surface area contributed by atoms with E-state index in [1.165, 1.54) is 18.3 Å². The Kier molecular flexibility index (Phi) is 3.95. The first-order valence-corrected chi connectivity index (χ1v) is 4.64. The van der Waals surface area contributed by atoms with Crippen molar-refractivity contribution in [3.63, 3.8) is 0 Å². The molecule has 1 aromatic heterocycles. The van der Waals surface area contributed by atoms with Crippen LogP contribution in [-0.4, -0.2) is 17.2 Å². The van der Waals surface area contributed by atoms with Crippen molar-refractivity contribution in [2.24, 2.45) is 5.73 Å². The number of nitrogens with zero attached hydrogens (tertiary/aromatic N) is 1. The van der Waals surface area contributed by atoms with E-state index in [9.17, 15) is 8.78 Å². The summed E-state index contributed by atoms with van der Waals surface area (Å²) in [4.78, 5) is 3.81. The molecule has 0 amide bonds. The Morgan fingerprint density at radius 1 is 1.57 bits per heavy atom. The van der Waals surface area contributed by atoms with E-state index in [0.29, 0.717) is 6.42 Å². The molecule has 1 rings (SSSR count). The van der Waals surface area contributed by atoms with Crippen molar-refractivity contribution >= 4 is 0 Å². The lowest BCUT2D eigenvalue weighted by Crippen LogP contribution is -2.33. The molecule has 0 spiro atoms. The highest BCUT2D eigenvalue weighted by Crippen LogP contribution is 2.10. The fraction of sp³-hybridized carbons (Fsp3) is 0.500. The topological polar surface area (TPSA) is 38.9 Å². The number of aromatic nitrogens is 1. The maximum absolute atomic E-state index is 13.1. The van der Waals surface area contributed by atoms with Crippen molar-refractivity contribution in [3.05, 3.63) is 29.8 Å². The van der Waals surface area contributed by atoms with Crippen LogP contribution >= 0.6 is 0 Å². The number of alkyl halides is 1. The fourth-order valence-corrected chi connectivity index (χ4v) is 1.22. The molecule has 1 aromatic rings. The van der Waals surface area contributed by atoms with Crippen LogP contribution in [0, 0.1) is 5.82 Å². The first-order valence-electron chi connectivity index (χ1n) is 4.64. The molecule has 0 aromatic carbocycles. The van der Waals surface area contributed by atoms with E-state index in [4.69, 9.17) is 5.73 Å². The zero-order valence-corrected chi connectivity index (χ0v) is 8.08. The molecule has 78 valence electrons. The smallest absolute Gasteiger partial charge is 0.144 e. The molecule has 1 heterocycles. The van der Waals surface area contributed by atoms with Crippen LogP contribution in [0.25, 0.3) is 0 Å². The van der Waals surface area contributed by atoms with E-state index in [2.05, 4.69) is 4.98 Å². The predicted octanol–water partition coefficient (Wildman–Crippen LogP) is 1.84. The number of pyridine rings is 1. The summed E-state index contributed by atoms with van der Waals surface area (Å²) in [6, 6.07) is 2.12. The Morgan fingerprint density at radius 2 is 2.29 bits per heavy atom. The third-order valence-electron chi connectivity index (χ3n) is 2.12. The molecule has 2 atom stereocenters. The van der Waals surface area contributed by atoms with Gasteiger partial charge in [0, 0.05) is 18.7 Å². The van der Waals surface area contributed by atoms with Gasteiger partial charge in [-0.15, -0.1) is 0 Å². The van der Waals surface area contributed by atoms with Crippen molar-refractivity contribution in [2.75, 3.05) is 0 Å². The maximum atomic E-state index is 13.1. The van der Waals surface area contributed by atoms with E-state index in [0.717, 1.165) is 0 Å². The quantitative estimate of drug-likeness (QED) is 0.805. The summed E-state index contributed by atoms with van der Waals surface area (Å²) < 4.78 is 26.1. The van der Waals surface area contributed by atoms with E-state index < -0.39 is 18.0 Å². The van der Waals surface area contributed by atoms with Crippen LogP contribution in [0.4, 0.5) is 8.78 Å². The molecule has 0 aliphatic heterocycles. The summed E-state index contributed by atoms with van der Waals surface area (Å²) in [7, 11) is 0. The van der Waals surface area contributed by atoms with Gasteiger partial charge in [-0.2, -0.15) is 0 Å². The molecule has 0 radical (unpaired) electrons. The second-order valence-electron chi connectivity index (χ2n) is 3.22. The van der Waals surface area contributed by atoms with Gasteiger partial charge in [-0.25, -0.2) is 8.78 Å². The van der Waals surface area contributed by atoms with E-state index in [1.54, 1.807) is 6.92 Å². The molecule has 0 saturated heterocycles. The molecule has 0 bridgehead atoms. The monoisotopic (exact) mass is 200 g/mol. The average molecular weight is 200 g/mol. The van der Waals surface area contributed by atoms with Gasteiger partial charge in [0.25, 0.3) is 0 Å². The number of nitrogens with two attached hydrogens (primary N) is 1. The van der Waals surface area contributed by atoms with Gasteiger partial charge >= 0.3 is 0 Å². The summed E-state index contributed by atoms with van der Waals surface area (Å²) in [5, 5.41) is 0. The number of rotatable bonds is 4. The summed E-state index contributed by atoms with van der Waals surface area (Å²) >= 11 is 0. The Labute approximate surface area is 82.1 Å². The Balaban J connectivity index is 2.64. The molecule has 2 nitrogen and oxygen atoms in total. The zero-order valence-electron chi connectivity index (χ0n) is 8.08. The van der Waals surface area contributed by atoms with Gasteiger partial charge in [-0.1, -0.05) is 6.92 Å². The number of hydrogen-bond acceptors (Lipinski definition) is 2. The van der Waals surface area contributed by atoms with Crippen molar-refractivity contribution < 1.29 is 8.78 Å². The van der Waals surface area contributed by atoms with Gasteiger partial charge < -0.3 is 5.73 Å². The minimum Gasteiger partial charge on any atom is -0.325 e. The highest BCUT2D eigenvalue weighted by molar-refractivity contribution is 5.08. The third kappa shape index (κ3) is 2.73. The molecule has 0 aliphatic carbocycles. The van der Waals surface area contributed by atoms with E-state index in [1.807, 2.05) is 0 Å². The normalized spacial score (nSPS) is 15.1. The lowest BCUT2D eigenvalue weighted by atomic mass is 10.1. The summed E-state index contributed by atoms with van der Waals surface area (Å²) in [5.41, 5.74) is 5.78.